The van der Waals surface area contributed by atoms with Gasteiger partial charge in [0.1, 0.15) is 5.69 Å². The van der Waals surface area contributed by atoms with Crippen LogP contribution < -0.4 is 0 Å². The Morgan fingerprint density at radius 1 is 1.67 bits per heavy atom. The summed E-state index contributed by atoms with van der Waals surface area (Å²) in [7, 11) is 3.73. The zero-order valence-corrected chi connectivity index (χ0v) is 10.7. The van der Waals surface area contributed by atoms with Crippen molar-refractivity contribution >= 4 is 21.7 Å². The molecular weight excluding hydrogens is 258 g/mol. The molecule has 5 heteroatoms. The molecule has 1 aromatic heterocycles. The van der Waals surface area contributed by atoms with Gasteiger partial charge in [0.05, 0.1) is 4.47 Å². The highest BCUT2D eigenvalue weighted by atomic mass is 79.9. The van der Waals surface area contributed by atoms with E-state index in [9.17, 15) is 4.79 Å². The van der Waals surface area contributed by atoms with Crippen LogP contribution in [-0.2, 0) is 6.54 Å². The summed E-state index contributed by atoms with van der Waals surface area (Å²) in [5.74, 6) is -0.0947. The van der Waals surface area contributed by atoms with Gasteiger partial charge in [0.2, 0.25) is 5.78 Å². The van der Waals surface area contributed by atoms with E-state index in [1.54, 1.807) is 17.1 Å². The molecule has 4 nitrogen and oxygen atoms in total. The summed E-state index contributed by atoms with van der Waals surface area (Å²) in [5.41, 5.74) is 0.454. The molecule has 0 saturated heterocycles. The summed E-state index contributed by atoms with van der Waals surface area (Å²) in [6, 6.07) is 0. The molecule has 0 unspecified atom stereocenters. The van der Waals surface area contributed by atoms with Crippen molar-refractivity contribution in [3.05, 3.63) is 28.6 Å². The zero-order chi connectivity index (χ0) is 11.4. The summed E-state index contributed by atoms with van der Waals surface area (Å²) in [6.07, 6.45) is 5.02. The maximum atomic E-state index is 11.7. The van der Waals surface area contributed by atoms with Gasteiger partial charge in [-0.2, -0.15) is 5.10 Å². The Bertz CT molecular complexity index is 382. The minimum absolute atomic E-state index is 0.0947. The molecule has 1 aromatic rings. The number of rotatable bonds is 4. The van der Waals surface area contributed by atoms with E-state index < -0.39 is 0 Å². The van der Waals surface area contributed by atoms with Gasteiger partial charge in [0, 0.05) is 39.1 Å². The average molecular weight is 272 g/mol. The summed E-state index contributed by atoms with van der Waals surface area (Å²) in [6.45, 7) is 2.73. The van der Waals surface area contributed by atoms with Crippen LogP contribution in [0.3, 0.4) is 0 Å². The number of halogens is 1. The van der Waals surface area contributed by atoms with Crippen LogP contribution in [0.4, 0.5) is 0 Å². The molecule has 0 bridgehead atoms. The molecular formula is C10H14BrN3O. The lowest BCUT2D eigenvalue weighted by Crippen LogP contribution is -2.04. The predicted molar refractivity (Wildman–Crippen MR) is 62.8 cm³/mol. The second-order valence-corrected chi connectivity index (χ2v) is 4.18. The van der Waals surface area contributed by atoms with Crippen molar-refractivity contribution in [3.8, 4) is 0 Å². The summed E-state index contributed by atoms with van der Waals surface area (Å²) >= 11 is 3.31. The van der Waals surface area contributed by atoms with E-state index in [-0.39, 0.29) is 5.78 Å². The van der Waals surface area contributed by atoms with Gasteiger partial charge in [-0.25, -0.2) is 0 Å². The average Bonchev–Trinajstić information content (AvgIpc) is 2.56. The molecule has 0 fully saturated rings. The molecule has 0 aliphatic heterocycles. The van der Waals surface area contributed by atoms with Crippen molar-refractivity contribution in [2.45, 2.75) is 13.5 Å². The molecule has 0 aromatic carbocycles. The summed E-state index contributed by atoms with van der Waals surface area (Å²) in [4.78, 5) is 13.5. The largest absolute Gasteiger partial charge is 0.383 e. The van der Waals surface area contributed by atoms with Crippen LogP contribution in [-0.4, -0.2) is 34.6 Å². The van der Waals surface area contributed by atoms with Gasteiger partial charge in [-0.3, -0.25) is 9.48 Å². The predicted octanol–water partition coefficient (Wildman–Crippen LogP) is 1.92. The van der Waals surface area contributed by atoms with Crippen molar-refractivity contribution in [1.29, 1.82) is 0 Å². The maximum absolute atomic E-state index is 11.7. The van der Waals surface area contributed by atoms with Gasteiger partial charge < -0.3 is 4.90 Å². The number of carbonyl (C=O) groups excluding carboxylic acids is 1. The minimum atomic E-state index is -0.0947. The zero-order valence-electron chi connectivity index (χ0n) is 9.07. The van der Waals surface area contributed by atoms with Crippen LogP contribution in [0.5, 0.6) is 0 Å². The van der Waals surface area contributed by atoms with Crippen LogP contribution in [0.15, 0.2) is 22.9 Å². The van der Waals surface area contributed by atoms with E-state index in [2.05, 4.69) is 21.0 Å². The highest BCUT2D eigenvalue weighted by Crippen LogP contribution is 2.15. The number of aromatic nitrogens is 2. The van der Waals surface area contributed by atoms with Gasteiger partial charge in [0.15, 0.2) is 0 Å². The quantitative estimate of drug-likeness (QED) is 0.621. The van der Waals surface area contributed by atoms with Crippen LogP contribution >= 0.6 is 15.9 Å². The van der Waals surface area contributed by atoms with Gasteiger partial charge in [0.25, 0.3) is 0 Å². The number of allylic oxidation sites excluding steroid dienone is 1. The van der Waals surface area contributed by atoms with Crippen molar-refractivity contribution in [2.75, 3.05) is 14.1 Å². The van der Waals surface area contributed by atoms with E-state index in [0.717, 1.165) is 11.0 Å². The van der Waals surface area contributed by atoms with E-state index in [1.165, 1.54) is 6.08 Å². The van der Waals surface area contributed by atoms with Gasteiger partial charge in [-0.15, -0.1) is 0 Å². The number of hydrogen-bond donors (Lipinski definition) is 0. The molecule has 1 rings (SSSR count). The Hall–Kier alpha value is -1.10. The topological polar surface area (TPSA) is 38.1 Å². The van der Waals surface area contributed by atoms with E-state index in [1.807, 2.05) is 25.9 Å². The number of aryl methyl sites for hydroxylation is 1. The standard InChI is InChI=1S/C10H14BrN3O/c1-4-14-7-8(11)10(12-14)9(15)5-6-13(2)3/h5-7H,4H2,1-3H3. The molecule has 0 saturated carbocycles. The Labute approximate surface area is 97.7 Å². The maximum Gasteiger partial charge on any atom is 0.208 e. The fourth-order valence-corrected chi connectivity index (χ4v) is 1.53. The highest BCUT2D eigenvalue weighted by molar-refractivity contribution is 9.10. The van der Waals surface area contributed by atoms with Crippen LogP contribution in [0.2, 0.25) is 0 Å². The Balaban J connectivity index is 2.86. The highest BCUT2D eigenvalue weighted by Gasteiger charge is 2.11. The molecule has 0 aliphatic carbocycles. The first-order valence-corrected chi connectivity index (χ1v) is 5.45. The van der Waals surface area contributed by atoms with Gasteiger partial charge >= 0.3 is 0 Å². The Morgan fingerprint density at radius 2 is 2.33 bits per heavy atom. The van der Waals surface area contributed by atoms with Crippen LogP contribution in [0, 0.1) is 0 Å². The molecule has 0 N–H and O–H groups in total. The minimum Gasteiger partial charge on any atom is -0.383 e. The lowest BCUT2D eigenvalue weighted by atomic mass is 10.3. The Kier molecular flexibility index (Phi) is 4.08. The molecule has 0 spiro atoms. The molecule has 0 amide bonds. The van der Waals surface area contributed by atoms with Crippen molar-refractivity contribution in [2.24, 2.45) is 0 Å². The van der Waals surface area contributed by atoms with E-state index in [4.69, 9.17) is 0 Å². The van der Waals surface area contributed by atoms with Crippen molar-refractivity contribution in [1.82, 2.24) is 14.7 Å². The third-order valence-electron chi connectivity index (χ3n) is 1.80. The van der Waals surface area contributed by atoms with Gasteiger partial charge in [-0.05, 0) is 22.9 Å². The molecule has 0 radical (unpaired) electrons. The second-order valence-electron chi connectivity index (χ2n) is 3.32. The summed E-state index contributed by atoms with van der Waals surface area (Å²) in [5, 5.41) is 4.16. The van der Waals surface area contributed by atoms with E-state index >= 15 is 0 Å². The fraction of sp³-hybridized carbons (Fsp3) is 0.400. The molecule has 1 heterocycles. The smallest absolute Gasteiger partial charge is 0.208 e. The van der Waals surface area contributed by atoms with Crippen LogP contribution in [0.25, 0.3) is 0 Å². The van der Waals surface area contributed by atoms with Crippen LogP contribution in [0.1, 0.15) is 17.4 Å². The molecule has 82 valence electrons. The molecule has 15 heavy (non-hydrogen) atoms. The Morgan fingerprint density at radius 3 is 2.80 bits per heavy atom. The first kappa shape index (κ1) is 12.0. The number of nitrogens with zero attached hydrogens (tertiary/aromatic N) is 3. The first-order valence-electron chi connectivity index (χ1n) is 4.66. The molecule has 0 atom stereocenters. The van der Waals surface area contributed by atoms with Gasteiger partial charge in [-0.1, -0.05) is 0 Å². The number of hydrogen-bond acceptors (Lipinski definition) is 3. The SMILES string of the molecule is CCn1cc(Br)c(C(=O)C=CN(C)C)n1. The summed E-state index contributed by atoms with van der Waals surface area (Å²) < 4.78 is 2.46. The third-order valence-corrected chi connectivity index (χ3v) is 2.38. The lowest BCUT2D eigenvalue weighted by Gasteiger charge is -2.01. The fourth-order valence-electron chi connectivity index (χ4n) is 1.02. The normalized spacial score (nSPS) is 10.9. The van der Waals surface area contributed by atoms with E-state index in [0.29, 0.717) is 5.69 Å². The number of carbonyl (C=O) groups is 1. The lowest BCUT2D eigenvalue weighted by molar-refractivity contribution is 0.103. The third kappa shape index (κ3) is 3.20. The number of ketones is 1. The van der Waals surface area contributed by atoms with Crippen molar-refractivity contribution < 1.29 is 4.79 Å². The second kappa shape index (κ2) is 5.11. The van der Waals surface area contributed by atoms with Crippen molar-refractivity contribution in [3.63, 3.8) is 0 Å². The first-order chi connectivity index (χ1) is 7.04. The monoisotopic (exact) mass is 271 g/mol. The molecule has 0 aliphatic rings.